The Morgan fingerprint density at radius 2 is 1.97 bits per heavy atom. The van der Waals surface area contributed by atoms with Gasteiger partial charge in [0.25, 0.3) is 11.8 Å². The summed E-state index contributed by atoms with van der Waals surface area (Å²) in [5.41, 5.74) is 2.37. The Hall–Kier alpha value is -3.17. The van der Waals surface area contributed by atoms with Crippen LogP contribution in [0.3, 0.4) is 0 Å². The standard InChI is InChI=1S/C25H22N2O5S2/c1-12-11-25(2,3)27-19-15(12)9-13(32-23(30)14-7-5-6-8-17(14)31-4)10-16(19)18(22(27)29)20-21(28)26-24(33)34-20/h5-10,12H,11H2,1-4H3,(H,26,28,33)/b20-18-/t12-/m0/s1. The largest absolute Gasteiger partial charge is 0.496 e. The number of methoxy groups -OCH3 is 1. The van der Waals surface area contributed by atoms with Gasteiger partial charge >= 0.3 is 5.97 Å². The number of benzene rings is 2. The van der Waals surface area contributed by atoms with Gasteiger partial charge in [0.15, 0.2) is 0 Å². The van der Waals surface area contributed by atoms with Gasteiger partial charge in [0, 0.05) is 11.1 Å². The summed E-state index contributed by atoms with van der Waals surface area (Å²) in [6, 6.07) is 10.3. The Bertz CT molecular complexity index is 1330. The van der Waals surface area contributed by atoms with E-state index < -0.39 is 17.4 Å². The molecule has 1 N–H and O–H groups in total. The first-order chi connectivity index (χ1) is 16.1. The van der Waals surface area contributed by atoms with Crippen LogP contribution in [0.25, 0.3) is 5.57 Å². The van der Waals surface area contributed by atoms with Crippen molar-refractivity contribution >= 4 is 57.3 Å². The van der Waals surface area contributed by atoms with Crippen molar-refractivity contribution in [3.05, 3.63) is 58.0 Å². The molecule has 9 heteroatoms. The first-order valence-electron chi connectivity index (χ1n) is 10.8. The molecule has 0 spiro atoms. The molecule has 1 fully saturated rings. The number of carbonyl (C=O) groups is 3. The predicted molar refractivity (Wildman–Crippen MR) is 134 cm³/mol. The lowest BCUT2D eigenvalue weighted by molar-refractivity contribution is -0.116. The fourth-order valence-corrected chi connectivity index (χ4v) is 6.15. The number of carbonyl (C=O) groups excluding carboxylic acids is 3. The van der Waals surface area contributed by atoms with Gasteiger partial charge in [-0.1, -0.05) is 43.0 Å². The average molecular weight is 495 g/mol. The quantitative estimate of drug-likeness (QED) is 0.293. The summed E-state index contributed by atoms with van der Waals surface area (Å²) in [5, 5.41) is 2.60. The maximum absolute atomic E-state index is 13.7. The summed E-state index contributed by atoms with van der Waals surface area (Å²) in [7, 11) is 1.49. The fraction of sp³-hybridized carbons (Fsp3) is 0.280. The van der Waals surface area contributed by atoms with Crippen LogP contribution in [-0.2, 0) is 9.59 Å². The van der Waals surface area contributed by atoms with Gasteiger partial charge in [-0.3, -0.25) is 9.59 Å². The van der Waals surface area contributed by atoms with E-state index in [2.05, 4.69) is 12.2 Å². The molecular weight excluding hydrogens is 472 g/mol. The maximum Gasteiger partial charge on any atom is 0.347 e. The first kappa shape index (κ1) is 22.6. The lowest BCUT2D eigenvalue weighted by Gasteiger charge is -2.43. The van der Waals surface area contributed by atoms with Crippen molar-refractivity contribution in [1.29, 1.82) is 0 Å². The second kappa shape index (κ2) is 7.95. The monoisotopic (exact) mass is 494 g/mol. The topological polar surface area (TPSA) is 84.9 Å². The molecule has 1 saturated heterocycles. The number of esters is 1. The first-order valence-corrected chi connectivity index (χ1v) is 12.0. The molecule has 1 atom stereocenters. The van der Waals surface area contributed by atoms with Crippen molar-refractivity contribution in [1.82, 2.24) is 5.32 Å². The van der Waals surface area contributed by atoms with Gasteiger partial charge < -0.3 is 19.7 Å². The number of amides is 2. The molecule has 3 heterocycles. The van der Waals surface area contributed by atoms with E-state index in [0.29, 0.717) is 26.9 Å². The molecule has 2 aromatic carbocycles. The highest BCUT2D eigenvalue weighted by Crippen LogP contribution is 2.54. The molecule has 0 unspecified atom stereocenters. The van der Waals surface area contributed by atoms with E-state index >= 15 is 0 Å². The number of hydrogen-bond acceptors (Lipinski definition) is 7. The molecule has 3 aliphatic rings. The number of hydrogen-bond donors (Lipinski definition) is 1. The molecule has 3 aliphatic heterocycles. The number of para-hydroxylation sites is 1. The van der Waals surface area contributed by atoms with Crippen LogP contribution in [0, 0.1) is 0 Å². The van der Waals surface area contributed by atoms with E-state index in [1.807, 2.05) is 19.9 Å². The summed E-state index contributed by atoms with van der Waals surface area (Å²) in [6.07, 6.45) is 0.718. The predicted octanol–water partition coefficient (Wildman–Crippen LogP) is 4.41. The molecule has 34 heavy (non-hydrogen) atoms. The molecule has 0 radical (unpaired) electrons. The molecule has 0 saturated carbocycles. The zero-order valence-corrected chi connectivity index (χ0v) is 20.7. The number of thioether (sulfide) groups is 1. The van der Waals surface area contributed by atoms with Gasteiger partial charge in [0.2, 0.25) is 0 Å². The zero-order chi connectivity index (χ0) is 24.4. The highest BCUT2D eigenvalue weighted by atomic mass is 32.2. The summed E-state index contributed by atoms with van der Waals surface area (Å²) < 4.78 is 11.4. The molecule has 2 amide bonds. The summed E-state index contributed by atoms with van der Waals surface area (Å²) >= 11 is 6.24. The third-order valence-electron chi connectivity index (χ3n) is 6.35. The second-order valence-electron chi connectivity index (χ2n) is 9.10. The van der Waals surface area contributed by atoms with Crippen LogP contribution in [0.2, 0.25) is 0 Å². The highest BCUT2D eigenvalue weighted by Gasteiger charge is 2.49. The van der Waals surface area contributed by atoms with E-state index in [-0.39, 0.29) is 22.3 Å². The van der Waals surface area contributed by atoms with Gasteiger partial charge in [0.05, 0.1) is 23.3 Å². The Labute approximate surface area is 206 Å². The third kappa shape index (κ3) is 3.42. The maximum atomic E-state index is 13.7. The van der Waals surface area contributed by atoms with Crippen LogP contribution < -0.4 is 19.7 Å². The van der Waals surface area contributed by atoms with Crippen molar-refractivity contribution in [2.45, 2.75) is 38.6 Å². The van der Waals surface area contributed by atoms with Crippen LogP contribution in [0.5, 0.6) is 11.5 Å². The number of nitrogens with one attached hydrogen (secondary N) is 1. The molecule has 5 rings (SSSR count). The lowest BCUT2D eigenvalue weighted by atomic mass is 9.80. The lowest BCUT2D eigenvalue weighted by Crippen LogP contribution is -2.49. The number of rotatable bonds is 3. The molecule has 0 bridgehead atoms. The number of thiocarbonyl (C=S) groups is 1. The Balaban J connectivity index is 1.67. The zero-order valence-electron chi connectivity index (χ0n) is 19.1. The Morgan fingerprint density at radius 1 is 1.24 bits per heavy atom. The van der Waals surface area contributed by atoms with Crippen LogP contribution in [-0.4, -0.2) is 34.8 Å². The second-order valence-corrected chi connectivity index (χ2v) is 10.8. The van der Waals surface area contributed by atoms with E-state index in [9.17, 15) is 14.4 Å². The molecular formula is C25H22N2O5S2. The molecule has 0 aromatic heterocycles. The van der Waals surface area contributed by atoms with Gasteiger partial charge in [-0.2, -0.15) is 0 Å². The van der Waals surface area contributed by atoms with Crippen molar-refractivity contribution < 1.29 is 23.9 Å². The van der Waals surface area contributed by atoms with E-state index in [4.69, 9.17) is 21.7 Å². The van der Waals surface area contributed by atoms with Crippen LogP contribution >= 0.6 is 24.0 Å². The smallest absolute Gasteiger partial charge is 0.347 e. The van der Waals surface area contributed by atoms with Gasteiger partial charge in [-0.05, 0) is 56.0 Å². The minimum atomic E-state index is -0.571. The minimum Gasteiger partial charge on any atom is -0.496 e. The Kier molecular flexibility index (Phi) is 5.29. The van der Waals surface area contributed by atoms with Crippen LogP contribution in [0.4, 0.5) is 5.69 Å². The van der Waals surface area contributed by atoms with Gasteiger partial charge in [-0.15, -0.1) is 0 Å². The number of ether oxygens (including phenoxy) is 2. The normalized spacial score (nSPS) is 22.5. The van der Waals surface area contributed by atoms with Crippen molar-refractivity contribution in [3.63, 3.8) is 0 Å². The van der Waals surface area contributed by atoms with Crippen LogP contribution in [0.1, 0.15) is 54.6 Å². The van der Waals surface area contributed by atoms with E-state index in [1.54, 1.807) is 35.2 Å². The summed E-state index contributed by atoms with van der Waals surface area (Å²) in [4.78, 5) is 41.3. The van der Waals surface area contributed by atoms with Crippen LogP contribution in [0.15, 0.2) is 41.3 Å². The van der Waals surface area contributed by atoms with E-state index in [0.717, 1.165) is 29.4 Å². The highest BCUT2D eigenvalue weighted by molar-refractivity contribution is 8.27. The van der Waals surface area contributed by atoms with Crippen molar-refractivity contribution in [3.8, 4) is 11.5 Å². The van der Waals surface area contributed by atoms with Gasteiger partial charge in [0.1, 0.15) is 21.4 Å². The minimum absolute atomic E-state index is 0.105. The van der Waals surface area contributed by atoms with Gasteiger partial charge in [-0.25, -0.2) is 4.79 Å². The van der Waals surface area contributed by atoms with Crippen molar-refractivity contribution in [2.24, 2.45) is 0 Å². The van der Waals surface area contributed by atoms with E-state index in [1.165, 1.54) is 7.11 Å². The average Bonchev–Trinajstić information content (AvgIpc) is 3.26. The van der Waals surface area contributed by atoms with Crippen molar-refractivity contribution in [2.75, 3.05) is 12.0 Å². The Morgan fingerprint density at radius 3 is 2.65 bits per heavy atom. The fourth-order valence-electron chi connectivity index (χ4n) is 5.03. The molecule has 0 aliphatic carbocycles. The molecule has 7 nitrogen and oxygen atoms in total. The number of nitrogens with zero attached hydrogens (tertiary/aromatic N) is 1. The molecule has 2 aromatic rings. The SMILES string of the molecule is COc1ccccc1C(=O)Oc1cc2c3c(c1)[C@@H](C)CC(C)(C)N3C(=O)/C2=C1\SC(=S)NC1=O. The number of anilines is 1. The third-order valence-corrected chi connectivity index (χ3v) is 7.58. The molecule has 174 valence electrons. The summed E-state index contributed by atoms with van der Waals surface area (Å²) in [5.74, 6) is -0.402. The summed E-state index contributed by atoms with van der Waals surface area (Å²) in [6.45, 7) is 6.12.